The molecule has 0 aliphatic carbocycles. The van der Waals surface area contributed by atoms with E-state index in [1.165, 1.54) is 5.56 Å². The summed E-state index contributed by atoms with van der Waals surface area (Å²) < 4.78 is 5.37. The Hall–Kier alpha value is -3.19. The molecule has 0 bridgehead atoms. The second-order valence-electron chi connectivity index (χ2n) is 7.28. The van der Waals surface area contributed by atoms with Crippen LogP contribution >= 0.6 is 0 Å². The molecule has 1 aromatic carbocycles. The van der Waals surface area contributed by atoms with E-state index in [1.807, 2.05) is 12.1 Å². The Morgan fingerprint density at radius 2 is 1.97 bits per heavy atom. The van der Waals surface area contributed by atoms with E-state index in [-0.39, 0.29) is 5.63 Å². The van der Waals surface area contributed by atoms with E-state index in [9.17, 15) is 9.59 Å². The van der Waals surface area contributed by atoms with E-state index >= 15 is 0 Å². The van der Waals surface area contributed by atoms with Gasteiger partial charge in [0, 0.05) is 50.4 Å². The number of hydrogen-bond acceptors (Lipinski definition) is 6. The summed E-state index contributed by atoms with van der Waals surface area (Å²) in [6, 6.07) is 11.0. The number of pyridine rings is 1. The summed E-state index contributed by atoms with van der Waals surface area (Å²) in [4.78, 5) is 32.4. The lowest BCUT2D eigenvalue weighted by atomic mass is 10.0. The third kappa shape index (κ3) is 4.00. The highest BCUT2D eigenvalue weighted by Crippen LogP contribution is 2.23. The van der Waals surface area contributed by atoms with Crippen LogP contribution in [0.25, 0.3) is 11.0 Å². The second-order valence-corrected chi connectivity index (χ2v) is 7.28. The molecule has 150 valence electrons. The number of aromatic nitrogens is 1. The monoisotopic (exact) mass is 392 g/mol. The largest absolute Gasteiger partial charge is 0.423 e. The molecule has 3 aromatic rings. The zero-order valence-electron chi connectivity index (χ0n) is 16.4. The van der Waals surface area contributed by atoms with Crippen molar-refractivity contribution in [3.05, 3.63) is 69.7 Å². The van der Waals surface area contributed by atoms with Crippen LogP contribution in [0.4, 0.5) is 5.82 Å². The number of hydrogen-bond donors (Lipinski definition) is 1. The van der Waals surface area contributed by atoms with Crippen LogP contribution in [0.3, 0.4) is 0 Å². The van der Waals surface area contributed by atoms with Gasteiger partial charge in [-0.15, -0.1) is 0 Å². The molecule has 0 atom stereocenters. The number of fused-ring (bicyclic) bond motifs is 1. The molecule has 2 aromatic heterocycles. The molecular weight excluding hydrogens is 368 g/mol. The number of carbonyl (C=O) groups excluding carboxylic acids is 1. The van der Waals surface area contributed by atoms with Crippen molar-refractivity contribution in [1.29, 1.82) is 0 Å². The number of nitrogens with two attached hydrogens (primary N) is 1. The fourth-order valence-electron chi connectivity index (χ4n) is 3.83. The summed E-state index contributed by atoms with van der Waals surface area (Å²) in [6.45, 7) is 5.84. The van der Waals surface area contributed by atoms with Crippen LogP contribution in [0.1, 0.15) is 28.4 Å². The highest BCUT2D eigenvalue weighted by atomic mass is 16.4. The van der Waals surface area contributed by atoms with Crippen molar-refractivity contribution in [1.82, 2.24) is 9.88 Å². The van der Waals surface area contributed by atoms with E-state index in [0.717, 1.165) is 43.5 Å². The van der Waals surface area contributed by atoms with Crippen LogP contribution in [-0.4, -0.2) is 42.0 Å². The zero-order chi connectivity index (χ0) is 20.4. The lowest BCUT2D eigenvalue weighted by Crippen LogP contribution is -2.46. The fourth-order valence-corrected chi connectivity index (χ4v) is 3.83. The van der Waals surface area contributed by atoms with Crippen LogP contribution in [0.5, 0.6) is 0 Å². The van der Waals surface area contributed by atoms with Gasteiger partial charge in [0.05, 0.1) is 5.56 Å². The number of rotatable bonds is 5. The molecule has 0 saturated carbocycles. The fraction of sp³-hybridized carbons (Fsp3) is 0.318. The first kappa shape index (κ1) is 19.1. The minimum Gasteiger partial charge on any atom is -0.423 e. The summed E-state index contributed by atoms with van der Waals surface area (Å²) in [6.07, 6.45) is 2.61. The lowest BCUT2D eigenvalue weighted by molar-refractivity contribution is 0.1000. The van der Waals surface area contributed by atoms with Crippen LogP contribution < -0.4 is 16.3 Å². The van der Waals surface area contributed by atoms with Crippen LogP contribution in [-0.2, 0) is 13.0 Å². The SMILES string of the molecule is CCc1ccc2oc(=O)cc(CN3CCN(c4ncccc4C(N)=O)CC3)c2c1. The van der Waals surface area contributed by atoms with E-state index < -0.39 is 5.91 Å². The van der Waals surface area contributed by atoms with Gasteiger partial charge >= 0.3 is 5.63 Å². The average molecular weight is 392 g/mol. The Balaban J connectivity index is 1.52. The molecular formula is C22H24N4O3. The summed E-state index contributed by atoms with van der Waals surface area (Å²) in [5, 5.41) is 0.993. The van der Waals surface area contributed by atoms with E-state index in [0.29, 0.717) is 23.5 Å². The van der Waals surface area contributed by atoms with Gasteiger partial charge in [-0.2, -0.15) is 0 Å². The third-order valence-corrected chi connectivity index (χ3v) is 5.42. The van der Waals surface area contributed by atoms with Crippen molar-refractivity contribution in [2.24, 2.45) is 5.73 Å². The Kier molecular flexibility index (Phi) is 5.31. The van der Waals surface area contributed by atoms with Gasteiger partial charge in [-0.25, -0.2) is 9.78 Å². The maximum Gasteiger partial charge on any atom is 0.336 e. The van der Waals surface area contributed by atoms with Crippen molar-refractivity contribution < 1.29 is 9.21 Å². The normalized spacial score (nSPS) is 15.0. The molecule has 7 heteroatoms. The average Bonchev–Trinajstić information content (AvgIpc) is 2.74. The number of anilines is 1. The predicted octanol–water partition coefficient (Wildman–Crippen LogP) is 2.17. The first-order valence-corrected chi connectivity index (χ1v) is 9.83. The van der Waals surface area contributed by atoms with Gasteiger partial charge < -0.3 is 15.1 Å². The van der Waals surface area contributed by atoms with Crippen LogP contribution in [0, 0.1) is 0 Å². The van der Waals surface area contributed by atoms with E-state index in [1.54, 1.807) is 24.4 Å². The molecule has 4 rings (SSSR count). The smallest absolute Gasteiger partial charge is 0.336 e. The number of primary amides is 1. The van der Waals surface area contributed by atoms with Crippen molar-refractivity contribution >= 4 is 22.7 Å². The topological polar surface area (TPSA) is 92.7 Å². The van der Waals surface area contributed by atoms with Crippen LogP contribution in [0.15, 0.2) is 51.8 Å². The number of carbonyl (C=O) groups is 1. The quantitative estimate of drug-likeness (QED) is 0.669. The Morgan fingerprint density at radius 3 is 2.69 bits per heavy atom. The van der Waals surface area contributed by atoms with Crippen molar-refractivity contribution in [3.63, 3.8) is 0 Å². The molecule has 1 fully saturated rings. The zero-order valence-corrected chi connectivity index (χ0v) is 16.4. The molecule has 29 heavy (non-hydrogen) atoms. The third-order valence-electron chi connectivity index (χ3n) is 5.42. The summed E-state index contributed by atoms with van der Waals surface area (Å²) in [7, 11) is 0. The van der Waals surface area contributed by atoms with Crippen molar-refractivity contribution in [2.75, 3.05) is 31.1 Å². The van der Waals surface area contributed by atoms with Gasteiger partial charge in [0.1, 0.15) is 11.4 Å². The number of aryl methyl sites for hydroxylation is 1. The molecule has 2 N–H and O–H groups in total. The highest BCUT2D eigenvalue weighted by molar-refractivity contribution is 5.97. The maximum absolute atomic E-state index is 12.0. The van der Waals surface area contributed by atoms with Gasteiger partial charge in [0.25, 0.3) is 5.91 Å². The van der Waals surface area contributed by atoms with Gasteiger partial charge in [-0.05, 0) is 41.8 Å². The maximum atomic E-state index is 12.0. The van der Waals surface area contributed by atoms with Crippen molar-refractivity contribution in [3.8, 4) is 0 Å². The number of nitrogens with zero attached hydrogens (tertiary/aromatic N) is 3. The van der Waals surface area contributed by atoms with E-state index in [4.69, 9.17) is 10.2 Å². The Morgan fingerprint density at radius 1 is 1.17 bits per heavy atom. The first-order valence-electron chi connectivity index (χ1n) is 9.83. The van der Waals surface area contributed by atoms with Gasteiger partial charge in [-0.1, -0.05) is 13.0 Å². The van der Waals surface area contributed by atoms with Crippen LogP contribution in [0.2, 0.25) is 0 Å². The first-order chi connectivity index (χ1) is 14.0. The number of benzene rings is 1. The Labute approximate surface area is 168 Å². The predicted molar refractivity (Wildman–Crippen MR) is 112 cm³/mol. The second kappa shape index (κ2) is 8.05. The molecule has 0 unspecified atom stereocenters. The van der Waals surface area contributed by atoms with Gasteiger partial charge in [0.15, 0.2) is 0 Å². The lowest BCUT2D eigenvalue weighted by Gasteiger charge is -2.36. The summed E-state index contributed by atoms with van der Waals surface area (Å²) in [5.74, 6) is 0.169. The molecule has 7 nitrogen and oxygen atoms in total. The van der Waals surface area contributed by atoms with Gasteiger partial charge in [-0.3, -0.25) is 9.69 Å². The highest BCUT2D eigenvalue weighted by Gasteiger charge is 2.22. The molecule has 1 saturated heterocycles. The minimum absolute atomic E-state index is 0.324. The molecule has 1 amide bonds. The van der Waals surface area contributed by atoms with Crippen molar-refractivity contribution in [2.45, 2.75) is 19.9 Å². The standard InChI is InChI=1S/C22H24N4O3/c1-2-15-5-6-19-18(12-15)16(13-20(27)29-19)14-25-8-10-26(11-9-25)22-17(21(23)28)4-3-7-24-22/h3-7,12-13H,2,8-11,14H2,1H3,(H2,23,28). The number of piperazine rings is 1. The molecule has 0 radical (unpaired) electrons. The summed E-state index contributed by atoms with van der Waals surface area (Å²) >= 11 is 0. The molecule has 0 spiro atoms. The Bertz CT molecular complexity index is 1100. The van der Waals surface area contributed by atoms with Gasteiger partial charge in [0.2, 0.25) is 0 Å². The number of amides is 1. The van der Waals surface area contributed by atoms with E-state index in [2.05, 4.69) is 27.8 Å². The molecule has 1 aliphatic rings. The minimum atomic E-state index is -0.468. The molecule has 3 heterocycles. The summed E-state index contributed by atoms with van der Waals surface area (Å²) in [5.41, 5.74) is 8.43. The molecule has 1 aliphatic heterocycles.